The normalized spacial score (nSPS) is 10.3. The highest BCUT2D eigenvalue weighted by Crippen LogP contribution is 2.34. The van der Waals surface area contributed by atoms with Gasteiger partial charge in [0, 0.05) is 12.6 Å². The minimum absolute atomic E-state index is 0.204. The van der Waals surface area contributed by atoms with Crippen LogP contribution in [-0.2, 0) is 0 Å². The average Bonchev–Trinajstić information content (AvgIpc) is 2.61. The Morgan fingerprint density at radius 1 is 1.00 bits per heavy atom. The van der Waals surface area contributed by atoms with E-state index in [1.165, 1.54) is 24.1 Å². The van der Waals surface area contributed by atoms with E-state index in [-0.39, 0.29) is 5.91 Å². The van der Waals surface area contributed by atoms with Gasteiger partial charge >= 0.3 is 0 Å². The summed E-state index contributed by atoms with van der Waals surface area (Å²) >= 11 is 12.2. The van der Waals surface area contributed by atoms with Crippen LogP contribution in [0, 0.1) is 0 Å². The number of methoxy groups -OCH3 is 2. The van der Waals surface area contributed by atoms with Crippen molar-refractivity contribution in [3.63, 3.8) is 0 Å². The molecule has 25 heavy (non-hydrogen) atoms. The van der Waals surface area contributed by atoms with E-state index in [0.29, 0.717) is 40.3 Å². The molecule has 0 unspecified atom stereocenters. The summed E-state index contributed by atoms with van der Waals surface area (Å²) in [5, 5.41) is 0.586. The minimum Gasteiger partial charge on any atom is -0.497 e. The largest absolute Gasteiger partial charge is 0.497 e. The molecular weight excluding hydrogens is 365 g/mol. The number of hydrogen-bond acceptors (Lipinski definition) is 4. The van der Waals surface area contributed by atoms with Gasteiger partial charge in [-0.25, -0.2) is 0 Å². The van der Waals surface area contributed by atoms with Crippen molar-refractivity contribution in [3.05, 3.63) is 52.0 Å². The number of amides is 1. The molecule has 2 rings (SSSR count). The predicted molar refractivity (Wildman–Crippen MR) is 98.5 cm³/mol. The second-order valence-corrected chi connectivity index (χ2v) is 6.04. The van der Waals surface area contributed by atoms with E-state index in [2.05, 4.69) is 0 Å². The molecular formula is C18H19Cl2NO4. The summed E-state index contributed by atoms with van der Waals surface area (Å²) in [6, 6.07) is 10.3. The number of halogens is 2. The molecule has 2 aromatic carbocycles. The lowest BCUT2D eigenvalue weighted by Crippen LogP contribution is -2.30. The molecule has 0 aliphatic rings. The van der Waals surface area contributed by atoms with Crippen LogP contribution in [0.25, 0.3) is 0 Å². The van der Waals surface area contributed by atoms with Gasteiger partial charge < -0.3 is 19.1 Å². The number of hydrogen-bond donors (Lipinski definition) is 0. The maximum absolute atomic E-state index is 12.5. The van der Waals surface area contributed by atoms with E-state index in [1.807, 2.05) is 24.3 Å². The van der Waals surface area contributed by atoms with Crippen LogP contribution in [0.4, 0.5) is 0 Å². The maximum atomic E-state index is 12.5. The standard InChI is InChI=1S/C18H19Cl2NO4/c1-21(8-9-25-14-6-4-13(23-2)5-7-14)18(22)12-10-15(19)17(24-3)16(20)11-12/h4-7,10-11H,8-9H2,1-3H3. The maximum Gasteiger partial charge on any atom is 0.253 e. The first-order chi connectivity index (χ1) is 12.0. The number of nitrogens with zero attached hydrogens (tertiary/aromatic N) is 1. The molecule has 0 saturated carbocycles. The van der Waals surface area contributed by atoms with Crippen LogP contribution in [0.3, 0.4) is 0 Å². The number of benzene rings is 2. The topological polar surface area (TPSA) is 48.0 Å². The molecule has 7 heteroatoms. The fourth-order valence-electron chi connectivity index (χ4n) is 2.17. The van der Waals surface area contributed by atoms with E-state index in [1.54, 1.807) is 14.2 Å². The molecule has 0 N–H and O–H groups in total. The summed E-state index contributed by atoms with van der Waals surface area (Å²) < 4.78 is 15.8. The summed E-state index contributed by atoms with van der Waals surface area (Å²) in [6.45, 7) is 0.762. The fraction of sp³-hybridized carbons (Fsp3) is 0.278. The summed E-state index contributed by atoms with van der Waals surface area (Å²) in [5.74, 6) is 1.61. The third-order valence-corrected chi connectivity index (χ3v) is 4.11. The van der Waals surface area contributed by atoms with Crippen molar-refractivity contribution < 1.29 is 19.0 Å². The van der Waals surface area contributed by atoms with Gasteiger partial charge in [-0.15, -0.1) is 0 Å². The summed E-state index contributed by atoms with van der Waals surface area (Å²) in [7, 11) is 4.76. The lowest BCUT2D eigenvalue weighted by Gasteiger charge is -2.18. The number of carbonyl (C=O) groups excluding carboxylic acids is 1. The second kappa shape index (κ2) is 8.83. The van der Waals surface area contributed by atoms with Crippen LogP contribution in [0.5, 0.6) is 17.2 Å². The van der Waals surface area contributed by atoms with Gasteiger partial charge in [0.15, 0.2) is 5.75 Å². The number of ether oxygens (including phenoxy) is 3. The quantitative estimate of drug-likeness (QED) is 0.719. The summed E-state index contributed by atoms with van der Waals surface area (Å²) in [5.41, 5.74) is 0.391. The van der Waals surface area contributed by atoms with Crippen molar-refractivity contribution in [1.29, 1.82) is 0 Å². The average molecular weight is 384 g/mol. The fourth-order valence-corrected chi connectivity index (χ4v) is 2.81. The molecule has 0 heterocycles. The Bertz CT molecular complexity index is 711. The van der Waals surface area contributed by atoms with Crippen molar-refractivity contribution in [2.45, 2.75) is 0 Å². The van der Waals surface area contributed by atoms with Crippen molar-refractivity contribution in [1.82, 2.24) is 4.90 Å². The van der Waals surface area contributed by atoms with Gasteiger partial charge in [0.1, 0.15) is 18.1 Å². The van der Waals surface area contributed by atoms with Crippen LogP contribution in [0.1, 0.15) is 10.4 Å². The monoisotopic (exact) mass is 383 g/mol. The van der Waals surface area contributed by atoms with Crippen molar-refractivity contribution in [3.8, 4) is 17.2 Å². The van der Waals surface area contributed by atoms with E-state index in [0.717, 1.165) is 5.75 Å². The molecule has 2 aromatic rings. The Kier molecular flexibility index (Phi) is 6.79. The molecule has 0 aromatic heterocycles. The molecule has 0 saturated heterocycles. The minimum atomic E-state index is -0.204. The van der Waals surface area contributed by atoms with Gasteiger partial charge in [-0.2, -0.15) is 0 Å². The number of rotatable bonds is 7. The molecule has 5 nitrogen and oxygen atoms in total. The molecule has 0 aliphatic carbocycles. The number of carbonyl (C=O) groups is 1. The summed E-state index contributed by atoms with van der Waals surface area (Å²) in [4.78, 5) is 14.0. The second-order valence-electron chi connectivity index (χ2n) is 5.22. The zero-order valence-electron chi connectivity index (χ0n) is 14.2. The lowest BCUT2D eigenvalue weighted by molar-refractivity contribution is 0.0773. The van der Waals surface area contributed by atoms with Crippen LogP contribution in [-0.4, -0.2) is 45.2 Å². The van der Waals surface area contributed by atoms with Gasteiger partial charge in [-0.1, -0.05) is 23.2 Å². The molecule has 0 fully saturated rings. The van der Waals surface area contributed by atoms with Crippen LogP contribution >= 0.6 is 23.2 Å². The molecule has 0 spiro atoms. The molecule has 1 amide bonds. The Morgan fingerprint density at radius 2 is 1.56 bits per heavy atom. The molecule has 0 aliphatic heterocycles. The van der Waals surface area contributed by atoms with E-state index in [4.69, 9.17) is 37.4 Å². The zero-order valence-corrected chi connectivity index (χ0v) is 15.7. The van der Waals surface area contributed by atoms with E-state index in [9.17, 15) is 4.79 Å². The Morgan fingerprint density at radius 3 is 2.08 bits per heavy atom. The van der Waals surface area contributed by atoms with Gasteiger partial charge in [-0.3, -0.25) is 4.79 Å². The highest BCUT2D eigenvalue weighted by atomic mass is 35.5. The van der Waals surface area contributed by atoms with Gasteiger partial charge in [0.2, 0.25) is 0 Å². The molecule has 0 bridgehead atoms. The highest BCUT2D eigenvalue weighted by molar-refractivity contribution is 6.37. The zero-order chi connectivity index (χ0) is 18.4. The Balaban J connectivity index is 1.93. The highest BCUT2D eigenvalue weighted by Gasteiger charge is 2.16. The van der Waals surface area contributed by atoms with E-state index >= 15 is 0 Å². The van der Waals surface area contributed by atoms with Crippen LogP contribution in [0.15, 0.2) is 36.4 Å². The smallest absolute Gasteiger partial charge is 0.253 e. The first-order valence-electron chi connectivity index (χ1n) is 7.51. The van der Waals surface area contributed by atoms with Crippen molar-refractivity contribution in [2.24, 2.45) is 0 Å². The summed E-state index contributed by atoms with van der Waals surface area (Å²) in [6.07, 6.45) is 0. The lowest BCUT2D eigenvalue weighted by atomic mass is 10.2. The molecule has 0 atom stereocenters. The van der Waals surface area contributed by atoms with E-state index < -0.39 is 0 Å². The first-order valence-corrected chi connectivity index (χ1v) is 8.27. The SMILES string of the molecule is COc1ccc(OCCN(C)C(=O)c2cc(Cl)c(OC)c(Cl)c2)cc1. The third kappa shape index (κ3) is 4.94. The molecule has 134 valence electrons. The number of likely N-dealkylation sites (N-methyl/N-ethyl adjacent to an activating group) is 1. The van der Waals surface area contributed by atoms with Crippen molar-refractivity contribution in [2.75, 3.05) is 34.4 Å². The van der Waals surface area contributed by atoms with Gasteiger partial charge in [0.25, 0.3) is 5.91 Å². The van der Waals surface area contributed by atoms with Crippen LogP contribution in [0.2, 0.25) is 10.0 Å². The van der Waals surface area contributed by atoms with Gasteiger partial charge in [-0.05, 0) is 36.4 Å². The Labute approximate surface area is 157 Å². The first kappa shape index (κ1) is 19.2. The van der Waals surface area contributed by atoms with Crippen molar-refractivity contribution >= 4 is 29.1 Å². The third-order valence-electron chi connectivity index (χ3n) is 3.55. The van der Waals surface area contributed by atoms with Crippen LogP contribution < -0.4 is 14.2 Å². The van der Waals surface area contributed by atoms with Gasteiger partial charge in [0.05, 0.1) is 30.8 Å². The Hall–Kier alpha value is -2.11. The molecule has 0 radical (unpaired) electrons. The predicted octanol–water partition coefficient (Wildman–Crippen LogP) is 4.16.